The minimum Gasteiger partial charge on any atom is -0.383 e. The smallest absolute Gasteiger partial charge is 0.136 e. The molecule has 20 heavy (non-hydrogen) atoms. The zero-order chi connectivity index (χ0) is 14.4. The molecule has 0 amide bonds. The lowest BCUT2D eigenvalue weighted by Crippen LogP contribution is -2.10. The van der Waals surface area contributed by atoms with E-state index in [0.717, 1.165) is 17.3 Å². The summed E-state index contributed by atoms with van der Waals surface area (Å²) in [6, 6.07) is 9.32. The third kappa shape index (κ3) is 4.36. The van der Waals surface area contributed by atoms with Crippen molar-refractivity contribution in [1.29, 1.82) is 0 Å². The fraction of sp³-hybridized carbons (Fsp3) is 0.286. The standard InChI is InChI=1S/C14H17ClN4O/c1-10-17-13(16-7-8-20-2)9-14(18-10)19-12-5-3-11(15)4-6-12/h3-6,9H,7-8H2,1-2H3,(H2,16,17,18,19). The molecule has 0 radical (unpaired) electrons. The van der Waals surface area contributed by atoms with E-state index in [1.54, 1.807) is 7.11 Å². The first kappa shape index (κ1) is 14.6. The van der Waals surface area contributed by atoms with Gasteiger partial charge < -0.3 is 15.4 Å². The lowest BCUT2D eigenvalue weighted by atomic mass is 10.3. The summed E-state index contributed by atoms with van der Waals surface area (Å²) in [6.45, 7) is 3.19. The van der Waals surface area contributed by atoms with E-state index in [2.05, 4.69) is 20.6 Å². The molecule has 2 N–H and O–H groups in total. The maximum atomic E-state index is 5.86. The van der Waals surface area contributed by atoms with Gasteiger partial charge in [0.1, 0.15) is 17.5 Å². The Morgan fingerprint density at radius 3 is 2.55 bits per heavy atom. The van der Waals surface area contributed by atoms with Gasteiger partial charge in [0.05, 0.1) is 6.61 Å². The number of methoxy groups -OCH3 is 1. The Labute approximate surface area is 123 Å². The molecule has 1 heterocycles. The molecule has 0 unspecified atom stereocenters. The van der Waals surface area contributed by atoms with E-state index in [4.69, 9.17) is 16.3 Å². The number of aryl methyl sites for hydroxylation is 1. The van der Waals surface area contributed by atoms with Crippen LogP contribution < -0.4 is 10.6 Å². The highest BCUT2D eigenvalue weighted by atomic mass is 35.5. The molecule has 106 valence electrons. The second kappa shape index (κ2) is 7.07. The third-order valence-corrected chi connectivity index (χ3v) is 2.82. The number of anilines is 3. The van der Waals surface area contributed by atoms with Crippen LogP contribution in [0, 0.1) is 6.92 Å². The lowest BCUT2D eigenvalue weighted by molar-refractivity contribution is 0.210. The summed E-state index contributed by atoms with van der Waals surface area (Å²) in [6.07, 6.45) is 0. The monoisotopic (exact) mass is 292 g/mol. The second-order valence-electron chi connectivity index (χ2n) is 4.24. The Morgan fingerprint density at radius 1 is 1.15 bits per heavy atom. The molecule has 0 bridgehead atoms. The number of benzene rings is 1. The van der Waals surface area contributed by atoms with Crippen molar-refractivity contribution in [2.45, 2.75) is 6.92 Å². The van der Waals surface area contributed by atoms with Crippen LogP contribution >= 0.6 is 11.6 Å². The van der Waals surface area contributed by atoms with Crippen LogP contribution in [0.25, 0.3) is 0 Å². The molecule has 0 aliphatic rings. The molecular formula is C14H17ClN4O. The van der Waals surface area contributed by atoms with Crippen LogP contribution in [0.2, 0.25) is 5.02 Å². The minimum absolute atomic E-state index is 0.628. The van der Waals surface area contributed by atoms with E-state index in [0.29, 0.717) is 24.0 Å². The predicted octanol–water partition coefficient (Wildman–Crippen LogP) is 3.24. The normalized spacial score (nSPS) is 10.3. The first-order chi connectivity index (χ1) is 9.67. The van der Waals surface area contributed by atoms with E-state index >= 15 is 0 Å². The van der Waals surface area contributed by atoms with Crippen LogP contribution in [0.3, 0.4) is 0 Å². The Hall–Kier alpha value is -1.85. The molecule has 0 atom stereocenters. The molecular weight excluding hydrogens is 276 g/mol. The number of aromatic nitrogens is 2. The summed E-state index contributed by atoms with van der Waals surface area (Å²) in [5.41, 5.74) is 0.926. The summed E-state index contributed by atoms with van der Waals surface area (Å²) in [4.78, 5) is 8.68. The molecule has 0 spiro atoms. The second-order valence-corrected chi connectivity index (χ2v) is 4.67. The number of nitrogens with zero attached hydrogens (tertiary/aromatic N) is 2. The van der Waals surface area contributed by atoms with Gasteiger partial charge in [0.2, 0.25) is 0 Å². The van der Waals surface area contributed by atoms with Crippen LogP contribution in [0.1, 0.15) is 5.82 Å². The highest BCUT2D eigenvalue weighted by molar-refractivity contribution is 6.30. The number of ether oxygens (including phenoxy) is 1. The van der Waals surface area contributed by atoms with E-state index in [9.17, 15) is 0 Å². The summed E-state index contributed by atoms with van der Waals surface area (Å²) in [5, 5.41) is 7.11. The highest BCUT2D eigenvalue weighted by Gasteiger charge is 2.02. The van der Waals surface area contributed by atoms with Gasteiger partial charge in [-0.1, -0.05) is 11.6 Å². The van der Waals surface area contributed by atoms with Gasteiger partial charge in [-0.05, 0) is 31.2 Å². The molecule has 0 fully saturated rings. The van der Waals surface area contributed by atoms with Gasteiger partial charge in [0, 0.05) is 30.4 Å². The average molecular weight is 293 g/mol. The van der Waals surface area contributed by atoms with Crippen LogP contribution in [0.15, 0.2) is 30.3 Å². The van der Waals surface area contributed by atoms with Crippen molar-refractivity contribution in [2.24, 2.45) is 0 Å². The highest BCUT2D eigenvalue weighted by Crippen LogP contribution is 2.19. The van der Waals surface area contributed by atoms with Crippen molar-refractivity contribution in [3.63, 3.8) is 0 Å². The SMILES string of the molecule is COCCNc1cc(Nc2ccc(Cl)cc2)nc(C)n1. The van der Waals surface area contributed by atoms with Crippen LogP contribution in [-0.4, -0.2) is 30.2 Å². The van der Waals surface area contributed by atoms with Crippen LogP contribution in [-0.2, 0) is 4.74 Å². The first-order valence-electron chi connectivity index (χ1n) is 6.28. The van der Waals surface area contributed by atoms with Gasteiger partial charge in [-0.2, -0.15) is 0 Å². The summed E-state index contributed by atoms with van der Waals surface area (Å²) in [7, 11) is 1.67. The number of nitrogens with one attached hydrogen (secondary N) is 2. The van der Waals surface area contributed by atoms with Gasteiger partial charge in [0.15, 0.2) is 0 Å². The number of hydrogen-bond acceptors (Lipinski definition) is 5. The fourth-order valence-corrected chi connectivity index (χ4v) is 1.81. The predicted molar refractivity (Wildman–Crippen MR) is 81.9 cm³/mol. The van der Waals surface area contributed by atoms with Crippen molar-refractivity contribution in [3.8, 4) is 0 Å². The van der Waals surface area contributed by atoms with Gasteiger partial charge in [-0.3, -0.25) is 0 Å². The van der Waals surface area contributed by atoms with Crippen LogP contribution in [0.5, 0.6) is 0 Å². The summed E-state index contributed by atoms with van der Waals surface area (Å²) >= 11 is 5.86. The maximum absolute atomic E-state index is 5.86. The largest absolute Gasteiger partial charge is 0.383 e. The summed E-state index contributed by atoms with van der Waals surface area (Å²) < 4.78 is 5.00. The van der Waals surface area contributed by atoms with Gasteiger partial charge >= 0.3 is 0 Å². The van der Waals surface area contributed by atoms with Crippen molar-refractivity contribution < 1.29 is 4.74 Å². The van der Waals surface area contributed by atoms with Crippen molar-refractivity contribution >= 4 is 28.9 Å². The minimum atomic E-state index is 0.628. The quantitative estimate of drug-likeness (QED) is 0.801. The Balaban J connectivity index is 2.09. The molecule has 0 aliphatic carbocycles. The molecule has 0 aliphatic heterocycles. The van der Waals surface area contributed by atoms with Crippen molar-refractivity contribution in [3.05, 3.63) is 41.2 Å². The maximum Gasteiger partial charge on any atom is 0.136 e. The topological polar surface area (TPSA) is 59.1 Å². The van der Waals surface area contributed by atoms with E-state index in [-0.39, 0.29) is 0 Å². The average Bonchev–Trinajstić information content (AvgIpc) is 2.41. The van der Waals surface area contributed by atoms with E-state index in [1.807, 2.05) is 37.3 Å². The molecule has 0 saturated heterocycles. The Morgan fingerprint density at radius 2 is 1.85 bits per heavy atom. The fourth-order valence-electron chi connectivity index (χ4n) is 1.68. The molecule has 1 aromatic carbocycles. The zero-order valence-electron chi connectivity index (χ0n) is 11.5. The summed E-state index contributed by atoms with van der Waals surface area (Å²) in [5.74, 6) is 2.20. The van der Waals surface area contributed by atoms with Gasteiger partial charge in [-0.15, -0.1) is 0 Å². The number of rotatable bonds is 6. The van der Waals surface area contributed by atoms with E-state index < -0.39 is 0 Å². The first-order valence-corrected chi connectivity index (χ1v) is 6.66. The molecule has 1 aromatic heterocycles. The third-order valence-electron chi connectivity index (χ3n) is 2.57. The van der Waals surface area contributed by atoms with E-state index in [1.165, 1.54) is 0 Å². The molecule has 6 heteroatoms. The van der Waals surface area contributed by atoms with Gasteiger partial charge in [-0.25, -0.2) is 9.97 Å². The molecule has 2 aromatic rings. The lowest BCUT2D eigenvalue weighted by Gasteiger charge is -2.10. The molecule has 2 rings (SSSR count). The number of hydrogen-bond donors (Lipinski definition) is 2. The van der Waals surface area contributed by atoms with Gasteiger partial charge in [0.25, 0.3) is 0 Å². The number of halogens is 1. The zero-order valence-corrected chi connectivity index (χ0v) is 12.2. The Kier molecular flexibility index (Phi) is 5.15. The van der Waals surface area contributed by atoms with Crippen molar-refractivity contribution in [2.75, 3.05) is 30.9 Å². The molecule has 0 saturated carbocycles. The molecule has 5 nitrogen and oxygen atoms in total. The van der Waals surface area contributed by atoms with Crippen LogP contribution in [0.4, 0.5) is 17.3 Å². The van der Waals surface area contributed by atoms with Crippen molar-refractivity contribution in [1.82, 2.24) is 9.97 Å². The Bertz CT molecular complexity index is 560.